The molecule has 0 aliphatic carbocycles. The van der Waals surface area contributed by atoms with Crippen LogP contribution in [0.4, 0.5) is 0 Å². The Morgan fingerprint density at radius 1 is 1.28 bits per heavy atom. The Morgan fingerprint density at radius 3 is 2.78 bits per heavy atom. The number of rotatable bonds is 4. The molecule has 3 N–H and O–H groups in total. The zero-order chi connectivity index (χ0) is 12.3. The van der Waals surface area contributed by atoms with E-state index in [1.165, 1.54) is 0 Å². The topological polar surface area (TPSA) is 85.1 Å². The molecule has 0 aliphatic rings. The summed E-state index contributed by atoms with van der Waals surface area (Å²) in [5.41, 5.74) is 5.29. The van der Waals surface area contributed by atoms with Crippen molar-refractivity contribution in [3.8, 4) is 0 Å². The number of benzene rings is 1. The van der Waals surface area contributed by atoms with Crippen LogP contribution in [0.2, 0.25) is 0 Å². The summed E-state index contributed by atoms with van der Waals surface area (Å²) in [7, 11) is -3.51. The van der Waals surface area contributed by atoms with Gasteiger partial charge in [-0.2, -0.15) is 0 Å². The molecule has 0 spiro atoms. The molecule has 0 atom stereocenters. The summed E-state index contributed by atoms with van der Waals surface area (Å²) in [6.45, 7) is 0.495. The highest BCUT2D eigenvalue weighted by atomic mass is 32.2. The number of pyridine rings is 1. The van der Waals surface area contributed by atoms with E-state index in [4.69, 9.17) is 5.73 Å². The van der Waals surface area contributed by atoms with Crippen molar-refractivity contribution < 1.29 is 8.42 Å². The van der Waals surface area contributed by atoms with Crippen LogP contribution in [0.25, 0.3) is 10.8 Å². The first-order valence-corrected chi connectivity index (χ1v) is 6.66. The molecule has 0 saturated carbocycles. The molecule has 0 aliphatic heterocycles. The van der Waals surface area contributed by atoms with Gasteiger partial charge in [0.1, 0.15) is 0 Å². The van der Waals surface area contributed by atoms with Crippen LogP contribution in [0.1, 0.15) is 7.43 Å². The standard InChI is InChI=1S/C11H13N3O2S.CH4/c12-5-7-14-17(15,16)11-3-1-2-9-8-13-6-4-10(9)11;/h1-4,6,8,14H,5,7,12H2;1H4. The number of nitrogens with zero attached hydrogens (tertiary/aromatic N) is 1. The lowest BCUT2D eigenvalue weighted by Gasteiger charge is -2.08. The van der Waals surface area contributed by atoms with Gasteiger partial charge >= 0.3 is 0 Å². The Balaban J connectivity index is 0.00000162. The quantitative estimate of drug-likeness (QED) is 0.869. The van der Waals surface area contributed by atoms with E-state index in [-0.39, 0.29) is 25.4 Å². The number of hydrogen-bond acceptors (Lipinski definition) is 4. The second kappa shape index (κ2) is 5.90. The van der Waals surface area contributed by atoms with E-state index in [0.29, 0.717) is 5.39 Å². The van der Waals surface area contributed by atoms with Crippen LogP contribution in [0.3, 0.4) is 0 Å². The van der Waals surface area contributed by atoms with Gasteiger partial charge in [0.15, 0.2) is 0 Å². The van der Waals surface area contributed by atoms with Crippen molar-refractivity contribution in [1.29, 1.82) is 0 Å². The second-order valence-electron chi connectivity index (χ2n) is 3.54. The van der Waals surface area contributed by atoms with E-state index in [9.17, 15) is 8.42 Å². The van der Waals surface area contributed by atoms with Crippen molar-refractivity contribution >= 4 is 20.8 Å². The summed E-state index contributed by atoms with van der Waals surface area (Å²) < 4.78 is 26.5. The first-order valence-electron chi connectivity index (χ1n) is 5.17. The van der Waals surface area contributed by atoms with Crippen molar-refractivity contribution in [3.05, 3.63) is 36.7 Å². The Hall–Kier alpha value is -1.50. The summed E-state index contributed by atoms with van der Waals surface area (Å²) >= 11 is 0. The molecular weight excluding hydrogens is 250 g/mol. The normalized spacial score (nSPS) is 11.2. The average Bonchev–Trinajstić information content (AvgIpc) is 2.36. The van der Waals surface area contributed by atoms with Crippen molar-refractivity contribution in [2.45, 2.75) is 12.3 Å². The van der Waals surface area contributed by atoms with Crippen LogP contribution in [0, 0.1) is 0 Å². The molecule has 2 aromatic rings. The van der Waals surface area contributed by atoms with E-state index in [0.717, 1.165) is 5.39 Å². The molecule has 98 valence electrons. The minimum Gasteiger partial charge on any atom is -0.329 e. The van der Waals surface area contributed by atoms with Gasteiger partial charge in [-0.05, 0) is 12.1 Å². The van der Waals surface area contributed by atoms with Crippen LogP contribution in [0.5, 0.6) is 0 Å². The largest absolute Gasteiger partial charge is 0.329 e. The Bertz CT molecular complexity index is 621. The van der Waals surface area contributed by atoms with Crippen LogP contribution in [-0.2, 0) is 10.0 Å². The van der Waals surface area contributed by atoms with E-state index >= 15 is 0 Å². The maximum Gasteiger partial charge on any atom is 0.241 e. The van der Waals surface area contributed by atoms with E-state index in [1.807, 2.05) is 6.07 Å². The summed E-state index contributed by atoms with van der Waals surface area (Å²) in [5, 5.41) is 1.45. The molecule has 2 rings (SSSR count). The molecule has 0 saturated heterocycles. The third-order valence-corrected chi connectivity index (χ3v) is 3.89. The molecule has 1 aromatic heterocycles. The number of nitrogens with two attached hydrogens (primary N) is 1. The highest BCUT2D eigenvalue weighted by Gasteiger charge is 2.15. The van der Waals surface area contributed by atoms with Crippen LogP contribution in [-0.4, -0.2) is 26.5 Å². The van der Waals surface area contributed by atoms with Crippen LogP contribution in [0.15, 0.2) is 41.6 Å². The lowest BCUT2D eigenvalue weighted by atomic mass is 10.2. The second-order valence-corrected chi connectivity index (χ2v) is 5.27. The molecule has 6 heteroatoms. The van der Waals surface area contributed by atoms with Crippen molar-refractivity contribution in [2.75, 3.05) is 13.1 Å². The maximum absolute atomic E-state index is 12.0. The third kappa shape index (κ3) is 2.84. The molecule has 18 heavy (non-hydrogen) atoms. The molecule has 1 heterocycles. The summed E-state index contributed by atoms with van der Waals surface area (Å²) in [6, 6.07) is 6.78. The molecule has 0 radical (unpaired) electrons. The zero-order valence-corrected chi connectivity index (χ0v) is 9.94. The molecule has 0 amide bonds. The number of hydrogen-bond donors (Lipinski definition) is 2. The molecule has 5 nitrogen and oxygen atoms in total. The summed E-state index contributed by atoms with van der Waals surface area (Å²) in [4.78, 5) is 4.22. The molecule has 0 unspecified atom stereocenters. The predicted molar refractivity (Wildman–Crippen MR) is 72.7 cm³/mol. The van der Waals surface area contributed by atoms with Gasteiger partial charge in [0.2, 0.25) is 10.0 Å². The maximum atomic E-state index is 12.0. The average molecular weight is 267 g/mol. The van der Waals surface area contributed by atoms with Gasteiger partial charge in [0, 0.05) is 36.3 Å². The van der Waals surface area contributed by atoms with Gasteiger partial charge in [-0.3, -0.25) is 4.98 Å². The van der Waals surface area contributed by atoms with Gasteiger partial charge in [-0.15, -0.1) is 0 Å². The zero-order valence-electron chi connectivity index (χ0n) is 9.13. The number of aromatic nitrogens is 1. The first kappa shape index (κ1) is 14.6. The van der Waals surface area contributed by atoms with Gasteiger partial charge in [-0.1, -0.05) is 19.6 Å². The van der Waals surface area contributed by atoms with Gasteiger partial charge < -0.3 is 5.73 Å². The van der Waals surface area contributed by atoms with Crippen LogP contribution < -0.4 is 10.5 Å². The monoisotopic (exact) mass is 267 g/mol. The molecule has 1 aromatic carbocycles. The van der Waals surface area contributed by atoms with E-state index < -0.39 is 10.0 Å². The fourth-order valence-electron chi connectivity index (χ4n) is 1.60. The van der Waals surface area contributed by atoms with Crippen molar-refractivity contribution in [3.63, 3.8) is 0 Å². The van der Waals surface area contributed by atoms with Gasteiger partial charge in [0.05, 0.1) is 4.90 Å². The highest BCUT2D eigenvalue weighted by Crippen LogP contribution is 2.21. The fraction of sp³-hybridized carbons (Fsp3) is 0.250. The van der Waals surface area contributed by atoms with Gasteiger partial charge in [-0.25, -0.2) is 13.1 Å². The SMILES string of the molecule is C.NCCNS(=O)(=O)c1cccc2cnccc12. The lowest BCUT2D eigenvalue weighted by Crippen LogP contribution is -2.29. The third-order valence-electron chi connectivity index (χ3n) is 2.37. The number of sulfonamides is 1. The highest BCUT2D eigenvalue weighted by molar-refractivity contribution is 7.89. The smallest absolute Gasteiger partial charge is 0.241 e. The predicted octanol–water partition coefficient (Wildman–Crippen LogP) is 1.11. The number of nitrogens with one attached hydrogen (secondary N) is 1. The number of fused-ring (bicyclic) bond motifs is 1. The van der Waals surface area contributed by atoms with E-state index in [2.05, 4.69) is 9.71 Å². The minimum atomic E-state index is -3.51. The van der Waals surface area contributed by atoms with Crippen LogP contribution >= 0.6 is 0 Å². The molecule has 0 fully saturated rings. The summed E-state index contributed by atoms with van der Waals surface area (Å²) in [5.74, 6) is 0. The Morgan fingerprint density at radius 2 is 2.06 bits per heavy atom. The Labute approximate surface area is 107 Å². The molecular formula is C12H17N3O2S. The Kier molecular flexibility index (Phi) is 4.77. The van der Waals surface area contributed by atoms with Gasteiger partial charge in [0.25, 0.3) is 0 Å². The van der Waals surface area contributed by atoms with Crippen molar-refractivity contribution in [2.24, 2.45) is 5.73 Å². The first-order chi connectivity index (χ1) is 8.15. The fourth-order valence-corrected chi connectivity index (χ4v) is 2.87. The molecule has 0 bridgehead atoms. The van der Waals surface area contributed by atoms with E-state index in [1.54, 1.807) is 30.6 Å². The summed E-state index contributed by atoms with van der Waals surface area (Å²) in [6.07, 6.45) is 3.21. The van der Waals surface area contributed by atoms with Crippen molar-refractivity contribution in [1.82, 2.24) is 9.71 Å². The lowest BCUT2D eigenvalue weighted by molar-refractivity contribution is 0.583. The minimum absolute atomic E-state index is 0.